The quantitative estimate of drug-likeness (QED) is 0.770. The molecule has 1 aromatic heterocycles. The topological polar surface area (TPSA) is 51.0 Å². The highest BCUT2D eigenvalue weighted by Crippen LogP contribution is 2.24. The second-order valence-corrected chi connectivity index (χ2v) is 5.21. The number of hydrogen-bond donors (Lipinski definition) is 1. The van der Waals surface area contributed by atoms with Gasteiger partial charge in [-0.3, -0.25) is 0 Å². The van der Waals surface area contributed by atoms with Crippen molar-refractivity contribution in [1.82, 2.24) is 15.5 Å². The lowest BCUT2D eigenvalue weighted by atomic mass is 9.97. The summed E-state index contributed by atoms with van der Waals surface area (Å²) in [6.45, 7) is 7.31. The molecule has 0 unspecified atom stereocenters. The van der Waals surface area contributed by atoms with Crippen molar-refractivity contribution >= 4 is 0 Å². The Morgan fingerprint density at radius 1 is 1.33 bits per heavy atom. The Hall–Kier alpha value is -0.900. The van der Waals surface area contributed by atoms with Crippen molar-refractivity contribution in [2.24, 2.45) is 0 Å². The number of hydrogen-bond acceptors (Lipinski definition) is 4. The average Bonchev–Trinajstić information content (AvgIpc) is 2.67. The monoisotopic (exact) mass is 209 g/mol. The van der Waals surface area contributed by atoms with Gasteiger partial charge in [-0.25, -0.2) is 0 Å². The molecule has 15 heavy (non-hydrogen) atoms. The Morgan fingerprint density at radius 2 is 2.13 bits per heavy atom. The minimum absolute atomic E-state index is 0.0556. The third kappa shape index (κ3) is 2.37. The van der Waals surface area contributed by atoms with Gasteiger partial charge in [0.1, 0.15) is 0 Å². The van der Waals surface area contributed by atoms with Gasteiger partial charge in [-0.05, 0) is 19.4 Å². The highest BCUT2D eigenvalue weighted by atomic mass is 16.5. The molecular formula is C11H19N3O. The van der Waals surface area contributed by atoms with Crippen LogP contribution >= 0.6 is 0 Å². The molecule has 2 rings (SSSR count). The fourth-order valence-electron chi connectivity index (χ4n) is 1.75. The molecule has 0 saturated carbocycles. The molecule has 1 N–H and O–H groups in total. The molecular weight excluding hydrogens is 190 g/mol. The van der Waals surface area contributed by atoms with Gasteiger partial charge in [0.25, 0.3) is 0 Å². The van der Waals surface area contributed by atoms with Gasteiger partial charge in [-0.15, -0.1) is 0 Å². The first-order valence-corrected chi connectivity index (χ1v) is 5.65. The normalized spacial score (nSPS) is 23.0. The zero-order valence-electron chi connectivity index (χ0n) is 9.71. The predicted octanol–water partition coefficient (Wildman–Crippen LogP) is 2.18. The zero-order valence-corrected chi connectivity index (χ0v) is 9.71. The van der Waals surface area contributed by atoms with E-state index in [-0.39, 0.29) is 5.41 Å². The lowest BCUT2D eigenvalue weighted by Gasteiger charge is -2.20. The van der Waals surface area contributed by atoms with Gasteiger partial charge < -0.3 is 9.84 Å². The summed E-state index contributed by atoms with van der Waals surface area (Å²) in [6.07, 6.45) is 3.61. The van der Waals surface area contributed by atoms with Crippen molar-refractivity contribution in [1.29, 1.82) is 0 Å². The standard InChI is InChI=1S/C11H19N3O/c1-11(2,3)10-13-9(14-15-10)8-6-4-5-7-12-8/h8,12H,4-7H2,1-3H3/t8-/m1/s1. The Morgan fingerprint density at radius 3 is 2.67 bits per heavy atom. The fraction of sp³-hybridized carbons (Fsp3) is 0.818. The third-order valence-corrected chi connectivity index (χ3v) is 2.71. The second-order valence-electron chi connectivity index (χ2n) is 5.21. The number of rotatable bonds is 1. The van der Waals surface area contributed by atoms with Crippen LogP contribution in [-0.2, 0) is 5.41 Å². The molecule has 1 fully saturated rings. The van der Waals surface area contributed by atoms with Crippen molar-refractivity contribution < 1.29 is 4.52 Å². The van der Waals surface area contributed by atoms with Crippen LogP contribution in [0.2, 0.25) is 0 Å². The van der Waals surface area contributed by atoms with Crippen LogP contribution in [0, 0.1) is 0 Å². The van der Waals surface area contributed by atoms with E-state index in [0.717, 1.165) is 24.7 Å². The van der Waals surface area contributed by atoms with Gasteiger partial charge in [0, 0.05) is 5.41 Å². The summed E-state index contributed by atoms with van der Waals surface area (Å²) < 4.78 is 5.28. The smallest absolute Gasteiger partial charge is 0.232 e. The van der Waals surface area contributed by atoms with Crippen molar-refractivity contribution in [3.63, 3.8) is 0 Å². The number of aromatic nitrogens is 2. The Kier molecular flexibility index (Phi) is 2.78. The zero-order chi connectivity index (χ0) is 10.9. The molecule has 0 amide bonds. The minimum Gasteiger partial charge on any atom is -0.339 e. The summed E-state index contributed by atoms with van der Waals surface area (Å²) in [5, 5.41) is 7.47. The molecule has 0 radical (unpaired) electrons. The summed E-state index contributed by atoms with van der Waals surface area (Å²) >= 11 is 0. The molecule has 4 nitrogen and oxygen atoms in total. The maximum atomic E-state index is 5.28. The maximum absolute atomic E-state index is 5.28. The minimum atomic E-state index is -0.0556. The van der Waals surface area contributed by atoms with E-state index in [1.54, 1.807) is 0 Å². The molecule has 1 saturated heterocycles. The molecule has 1 aliphatic rings. The van der Waals surface area contributed by atoms with Crippen molar-refractivity contribution in [2.75, 3.05) is 6.54 Å². The van der Waals surface area contributed by atoms with Crippen LogP contribution in [0.15, 0.2) is 4.52 Å². The molecule has 0 spiro atoms. The van der Waals surface area contributed by atoms with Gasteiger partial charge in [0.2, 0.25) is 5.89 Å². The van der Waals surface area contributed by atoms with E-state index in [2.05, 4.69) is 36.2 Å². The first kappa shape index (κ1) is 10.6. The van der Waals surface area contributed by atoms with E-state index in [0.29, 0.717) is 6.04 Å². The highest BCUT2D eigenvalue weighted by Gasteiger charge is 2.25. The van der Waals surface area contributed by atoms with Crippen molar-refractivity contribution in [3.05, 3.63) is 11.7 Å². The molecule has 0 bridgehead atoms. The van der Waals surface area contributed by atoms with E-state index in [1.807, 2.05) is 0 Å². The SMILES string of the molecule is CC(C)(C)c1nc([C@H]2CCCCN2)no1. The number of piperidine rings is 1. The van der Waals surface area contributed by atoms with Crippen LogP contribution < -0.4 is 5.32 Å². The number of nitrogens with zero attached hydrogens (tertiary/aromatic N) is 2. The lowest BCUT2D eigenvalue weighted by molar-refractivity contribution is 0.311. The Labute approximate surface area is 90.4 Å². The van der Waals surface area contributed by atoms with Crippen LogP contribution in [0.4, 0.5) is 0 Å². The van der Waals surface area contributed by atoms with Gasteiger partial charge in [-0.2, -0.15) is 4.98 Å². The first-order chi connectivity index (χ1) is 7.07. The largest absolute Gasteiger partial charge is 0.339 e. The van der Waals surface area contributed by atoms with E-state index >= 15 is 0 Å². The summed E-state index contributed by atoms with van der Waals surface area (Å²) in [6, 6.07) is 0.290. The lowest BCUT2D eigenvalue weighted by Crippen LogP contribution is -2.27. The number of nitrogens with one attached hydrogen (secondary N) is 1. The Balaban J connectivity index is 2.12. The van der Waals surface area contributed by atoms with Crippen molar-refractivity contribution in [2.45, 2.75) is 51.5 Å². The molecule has 2 heterocycles. The van der Waals surface area contributed by atoms with E-state index in [1.165, 1.54) is 12.8 Å². The van der Waals surface area contributed by atoms with Gasteiger partial charge in [0.15, 0.2) is 5.82 Å². The molecule has 0 aliphatic carbocycles. The molecule has 84 valence electrons. The molecule has 4 heteroatoms. The van der Waals surface area contributed by atoms with Gasteiger partial charge in [0.05, 0.1) is 6.04 Å². The summed E-state index contributed by atoms with van der Waals surface area (Å²) in [4.78, 5) is 4.46. The van der Waals surface area contributed by atoms with E-state index in [4.69, 9.17) is 4.52 Å². The van der Waals surface area contributed by atoms with Crippen molar-refractivity contribution in [3.8, 4) is 0 Å². The molecule has 0 aromatic carbocycles. The third-order valence-electron chi connectivity index (χ3n) is 2.71. The van der Waals surface area contributed by atoms with Gasteiger partial charge in [-0.1, -0.05) is 32.3 Å². The van der Waals surface area contributed by atoms with Crippen LogP contribution in [-0.4, -0.2) is 16.7 Å². The van der Waals surface area contributed by atoms with Crippen LogP contribution in [0.3, 0.4) is 0 Å². The molecule has 1 atom stereocenters. The van der Waals surface area contributed by atoms with Crippen LogP contribution in [0.1, 0.15) is 57.8 Å². The first-order valence-electron chi connectivity index (χ1n) is 5.65. The molecule has 1 aliphatic heterocycles. The average molecular weight is 209 g/mol. The predicted molar refractivity (Wildman–Crippen MR) is 57.6 cm³/mol. The Bertz CT molecular complexity index is 321. The second kappa shape index (κ2) is 3.93. The summed E-state index contributed by atoms with van der Waals surface area (Å²) in [5.74, 6) is 1.55. The fourth-order valence-corrected chi connectivity index (χ4v) is 1.75. The highest BCUT2D eigenvalue weighted by molar-refractivity contribution is 5.02. The summed E-state index contributed by atoms with van der Waals surface area (Å²) in [7, 11) is 0. The maximum Gasteiger partial charge on any atom is 0.232 e. The van der Waals surface area contributed by atoms with Crippen LogP contribution in [0.5, 0.6) is 0 Å². The van der Waals surface area contributed by atoms with E-state index in [9.17, 15) is 0 Å². The van der Waals surface area contributed by atoms with Gasteiger partial charge >= 0.3 is 0 Å². The summed E-state index contributed by atoms with van der Waals surface area (Å²) in [5.41, 5.74) is -0.0556. The van der Waals surface area contributed by atoms with E-state index < -0.39 is 0 Å². The van der Waals surface area contributed by atoms with Crippen LogP contribution in [0.25, 0.3) is 0 Å². The molecule has 1 aromatic rings.